The number of benzene rings is 2. The van der Waals surface area contributed by atoms with Crippen LogP contribution in [-0.2, 0) is 25.4 Å². The second kappa shape index (κ2) is 9.22. The molecule has 1 atom stereocenters. The first-order valence-electron chi connectivity index (χ1n) is 9.56. The van der Waals surface area contributed by atoms with Crippen molar-refractivity contribution in [3.05, 3.63) is 59.4 Å². The van der Waals surface area contributed by atoms with Gasteiger partial charge in [0.1, 0.15) is 11.5 Å². The number of ether oxygens (including phenoxy) is 3. The van der Waals surface area contributed by atoms with E-state index in [0.717, 1.165) is 36.9 Å². The van der Waals surface area contributed by atoms with Gasteiger partial charge in [0.15, 0.2) is 12.0 Å². The number of hydrogen-bond acceptors (Lipinski definition) is 5. The van der Waals surface area contributed by atoms with Crippen LogP contribution >= 0.6 is 0 Å². The Labute approximate surface area is 165 Å². The van der Waals surface area contributed by atoms with Crippen LogP contribution in [0.25, 0.3) is 4.85 Å². The summed E-state index contributed by atoms with van der Waals surface area (Å²) in [6, 6.07) is 12.9. The predicted molar refractivity (Wildman–Crippen MR) is 105 cm³/mol. The SMILES string of the molecule is [C-]#[N+]c1ccc(Oc2ccc(B3OCCO3)c(COC3CCCCO3)c2)cc1. The van der Waals surface area contributed by atoms with Crippen molar-refractivity contribution in [1.82, 2.24) is 0 Å². The van der Waals surface area contributed by atoms with Crippen LogP contribution in [0, 0.1) is 6.57 Å². The Hall–Kier alpha value is -2.37. The zero-order valence-electron chi connectivity index (χ0n) is 15.6. The normalized spacial score (nSPS) is 19.4. The molecule has 2 aliphatic heterocycles. The molecule has 4 rings (SSSR count). The van der Waals surface area contributed by atoms with Crippen molar-refractivity contribution in [2.45, 2.75) is 32.2 Å². The summed E-state index contributed by atoms with van der Waals surface area (Å²) in [5.41, 5.74) is 2.49. The van der Waals surface area contributed by atoms with Gasteiger partial charge in [-0.15, -0.1) is 0 Å². The van der Waals surface area contributed by atoms with Crippen LogP contribution < -0.4 is 10.2 Å². The molecule has 2 aromatic carbocycles. The van der Waals surface area contributed by atoms with E-state index in [1.165, 1.54) is 0 Å². The summed E-state index contributed by atoms with van der Waals surface area (Å²) in [7, 11) is -0.377. The highest BCUT2D eigenvalue weighted by atomic mass is 16.7. The van der Waals surface area contributed by atoms with Crippen molar-refractivity contribution in [3.8, 4) is 11.5 Å². The van der Waals surface area contributed by atoms with Crippen LogP contribution in [0.3, 0.4) is 0 Å². The van der Waals surface area contributed by atoms with E-state index < -0.39 is 0 Å². The molecular weight excluding hydrogens is 357 g/mol. The summed E-state index contributed by atoms with van der Waals surface area (Å²) >= 11 is 0. The van der Waals surface area contributed by atoms with E-state index >= 15 is 0 Å². The lowest BCUT2D eigenvalue weighted by Gasteiger charge is -2.23. The average Bonchev–Trinajstić information content (AvgIpc) is 3.28. The van der Waals surface area contributed by atoms with Crippen LogP contribution in [0.5, 0.6) is 11.5 Å². The van der Waals surface area contributed by atoms with E-state index in [0.29, 0.717) is 37.0 Å². The summed E-state index contributed by atoms with van der Waals surface area (Å²) in [6.07, 6.45) is 2.95. The maximum absolute atomic E-state index is 7.04. The van der Waals surface area contributed by atoms with E-state index in [-0.39, 0.29) is 13.4 Å². The van der Waals surface area contributed by atoms with Crippen molar-refractivity contribution in [3.63, 3.8) is 0 Å². The first kappa shape index (κ1) is 19.0. The zero-order chi connectivity index (χ0) is 19.2. The minimum absolute atomic E-state index is 0.169. The lowest BCUT2D eigenvalue weighted by Crippen LogP contribution is -2.35. The molecule has 2 aromatic rings. The summed E-state index contributed by atoms with van der Waals surface area (Å²) < 4.78 is 29.0. The fourth-order valence-corrected chi connectivity index (χ4v) is 3.29. The van der Waals surface area contributed by atoms with Gasteiger partial charge in [-0.3, -0.25) is 0 Å². The van der Waals surface area contributed by atoms with E-state index in [2.05, 4.69) is 4.85 Å². The van der Waals surface area contributed by atoms with Gasteiger partial charge in [-0.2, -0.15) is 0 Å². The van der Waals surface area contributed by atoms with Crippen LogP contribution in [0.15, 0.2) is 42.5 Å². The lowest BCUT2D eigenvalue weighted by atomic mass is 9.76. The van der Waals surface area contributed by atoms with Crippen LogP contribution in [0.4, 0.5) is 5.69 Å². The smallest absolute Gasteiger partial charge is 0.457 e. The molecule has 144 valence electrons. The van der Waals surface area contributed by atoms with Crippen molar-refractivity contribution < 1.29 is 23.5 Å². The molecule has 0 aromatic heterocycles. The van der Waals surface area contributed by atoms with Crippen LogP contribution in [-0.4, -0.2) is 33.2 Å². The van der Waals surface area contributed by atoms with Crippen molar-refractivity contribution >= 4 is 18.3 Å². The third-order valence-corrected chi connectivity index (χ3v) is 4.75. The first-order chi connectivity index (χ1) is 13.8. The van der Waals surface area contributed by atoms with Gasteiger partial charge < -0.3 is 23.5 Å². The number of rotatable bonds is 6. The van der Waals surface area contributed by atoms with Gasteiger partial charge in [0.2, 0.25) is 0 Å². The van der Waals surface area contributed by atoms with Gasteiger partial charge >= 0.3 is 7.12 Å². The zero-order valence-corrected chi connectivity index (χ0v) is 15.6. The largest absolute Gasteiger partial charge is 0.494 e. The highest BCUT2D eigenvalue weighted by Gasteiger charge is 2.29. The molecule has 6 nitrogen and oxygen atoms in total. The Bertz CT molecular complexity index is 824. The van der Waals surface area contributed by atoms with Crippen LogP contribution in [0.1, 0.15) is 24.8 Å². The summed E-state index contributed by atoms with van der Waals surface area (Å²) in [6.45, 7) is 9.35. The number of nitrogens with zero attached hydrogens (tertiary/aromatic N) is 1. The molecule has 0 radical (unpaired) electrons. The fraction of sp³-hybridized carbons (Fsp3) is 0.381. The second-order valence-corrected chi connectivity index (χ2v) is 6.75. The summed E-state index contributed by atoms with van der Waals surface area (Å²) in [5, 5.41) is 0. The minimum atomic E-state index is -0.377. The summed E-state index contributed by atoms with van der Waals surface area (Å²) in [5.74, 6) is 1.37. The Morgan fingerprint density at radius 3 is 2.50 bits per heavy atom. The van der Waals surface area contributed by atoms with Gasteiger partial charge in [-0.1, -0.05) is 18.2 Å². The maximum Gasteiger partial charge on any atom is 0.494 e. The maximum atomic E-state index is 7.04. The van der Waals surface area contributed by atoms with Gasteiger partial charge in [0.05, 0.1) is 26.4 Å². The van der Waals surface area contributed by atoms with Crippen molar-refractivity contribution in [2.75, 3.05) is 19.8 Å². The van der Waals surface area contributed by atoms with E-state index in [4.69, 9.17) is 30.1 Å². The molecule has 0 N–H and O–H groups in total. The monoisotopic (exact) mass is 379 g/mol. The minimum Gasteiger partial charge on any atom is -0.457 e. The molecule has 0 spiro atoms. The molecule has 2 fully saturated rings. The predicted octanol–water partition coefficient (Wildman–Crippen LogP) is 3.81. The Balaban J connectivity index is 1.51. The highest BCUT2D eigenvalue weighted by Crippen LogP contribution is 2.25. The molecule has 7 heteroatoms. The summed E-state index contributed by atoms with van der Waals surface area (Å²) in [4.78, 5) is 3.40. The van der Waals surface area contributed by atoms with E-state index in [1.54, 1.807) is 24.3 Å². The second-order valence-electron chi connectivity index (χ2n) is 6.75. The average molecular weight is 379 g/mol. The first-order valence-corrected chi connectivity index (χ1v) is 9.56. The van der Waals surface area contributed by atoms with Crippen molar-refractivity contribution in [2.24, 2.45) is 0 Å². The van der Waals surface area contributed by atoms with E-state index in [1.807, 2.05) is 18.2 Å². The topological polar surface area (TPSA) is 50.5 Å². The molecular formula is C21H22BNO5. The van der Waals surface area contributed by atoms with Crippen molar-refractivity contribution in [1.29, 1.82) is 0 Å². The molecule has 0 aliphatic carbocycles. The molecule has 0 amide bonds. The molecule has 0 bridgehead atoms. The third-order valence-electron chi connectivity index (χ3n) is 4.75. The van der Waals surface area contributed by atoms with Gasteiger partial charge in [-0.25, -0.2) is 4.85 Å². The Morgan fingerprint density at radius 2 is 1.79 bits per heavy atom. The number of hydrogen-bond donors (Lipinski definition) is 0. The molecule has 1 unspecified atom stereocenters. The van der Waals surface area contributed by atoms with Gasteiger partial charge in [0.25, 0.3) is 0 Å². The van der Waals surface area contributed by atoms with E-state index in [9.17, 15) is 0 Å². The Morgan fingerprint density at radius 1 is 1.00 bits per heavy atom. The molecule has 0 saturated carbocycles. The van der Waals surface area contributed by atoms with Gasteiger partial charge in [0, 0.05) is 6.61 Å². The van der Waals surface area contributed by atoms with Gasteiger partial charge in [-0.05, 0) is 54.6 Å². The standard InChI is InChI=1S/C21H22BNO5/c1-23-17-5-7-18(8-6-17)28-19-9-10-20(22-26-12-13-27-22)16(14-19)15-25-21-4-2-3-11-24-21/h5-10,14,21H,2-4,11-13,15H2. The highest BCUT2D eigenvalue weighted by molar-refractivity contribution is 6.62. The lowest BCUT2D eigenvalue weighted by molar-refractivity contribution is -0.168. The molecule has 28 heavy (non-hydrogen) atoms. The molecule has 2 heterocycles. The molecule has 2 saturated heterocycles. The quantitative estimate of drug-likeness (QED) is 0.564. The Kier molecular flexibility index (Phi) is 6.25. The van der Waals surface area contributed by atoms with Crippen LogP contribution in [0.2, 0.25) is 0 Å². The fourth-order valence-electron chi connectivity index (χ4n) is 3.29. The third kappa shape index (κ3) is 4.72. The molecule has 2 aliphatic rings.